The van der Waals surface area contributed by atoms with Gasteiger partial charge in [0, 0.05) is 17.3 Å². The number of aryl methyl sites for hydroxylation is 1. The van der Waals surface area contributed by atoms with Crippen molar-refractivity contribution >= 4 is 38.9 Å². The highest BCUT2D eigenvalue weighted by atomic mass is 35.5. The van der Waals surface area contributed by atoms with E-state index in [2.05, 4.69) is 0 Å². The number of rotatable bonds is 6. The van der Waals surface area contributed by atoms with Crippen LogP contribution in [0.3, 0.4) is 0 Å². The summed E-state index contributed by atoms with van der Waals surface area (Å²) in [5.41, 5.74) is 4.35. The zero-order valence-corrected chi connectivity index (χ0v) is 21.3. The number of hydrogen-bond acceptors (Lipinski definition) is 3. The minimum absolute atomic E-state index is 0.0499. The Bertz CT molecular complexity index is 1520. The molecule has 0 bridgehead atoms. The Morgan fingerprint density at radius 1 is 0.889 bits per heavy atom. The third kappa shape index (κ3) is 4.62. The van der Waals surface area contributed by atoms with Crippen LogP contribution >= 0.6 is 11.6 Å². The molecule has 5 nitrogen and oxygen atoms in total. The van der Waals surface area contributed by atoms with Crippen molar-refractivity contribution in [2.75, 3.05) is 15.7 Å². The van der Waals surface area contributed by atoms with Crippen LogP contribution in [0, 0.1) is 6.92 Å². The first-order chi connectivity index (χ1) is 17.3. The maximum atomic E-state index is 14.0. The van der Waals surface area contributed by atoms with Gasteiger partial charge in [0.05, 0.1) is 22.7 Å². The summed E-state index contributed by atoms with van der Waals surface area (Å²) in [4.78, 5) is 15.7. The first-order valence-electron chi connectivity index (χ1n) is 11.7. The van der Waals surface area contributed by atoms with Gasteiger partial charge in [0.25, 0.3) is 15.9 Å². The minimum atomic E-state index is -3.99. The van der Waals surface area contributed by atoms with Gasteiger partial charge in [0.1, 0.15) is 0 Å². The van der Waals surface area contributed by atoms with Gasteiger partial charge in [-0.25, -0.2) is 8.42 Å². The van der Waals surface area contributed by atoms with E-state index in [1.165, 1.54) is 4.31 Å². The predicted octanol–water partition coefficient (Wildman–Crippen LogP) is 6.25. The fraction of sp³-hybridized carbons (Fsp3) is 0.138. The Labute approximate surface area is 216 Å². The highest BCUT2D eigenvalue weighted by Gasteiger charge is 2.32. The average molecular weight is 517 g/mol. The molecule has 0 radical (unpaired) electrons. The molecule has 182 valence electrons. The van der Waals surface area contributed by atoms with Gasteiger partial charge in [0.2, 0.25) is 0 Å². The summed E-state index contributed by atoms with van der Waals surface area (Å²) in [5.74, 6) is -0.226. The molecule has 0 saturated heterocycles. The van der Waals surface area contributed by atoms with E-state index >= 15 is 0 Å². The molecule has 0 fully saturated rings. The maximum absolute atomic E-state index is 14.0. The second-order valence-electron chi connectivity index (χ2n) is 8.80. The quantitative estimate of drug-likeness (QED) is 0.304. The van der Waals surface area contributed by atoms with Crippen LogP contribution in [0.15, 0.2) is 102 Å². The smallest absolute Gasteiger partial charge is 0.264 e. The van der Waals surface area contributed by atoms with Crippen LogP contribution in [0.1, 0.15) is 27.0 Å². The Morgan fingerprint density at radius 2 is 1.56 bits per heavy atom. The third-order valence-corrected chi connectivity index (χ3v) is 8.41. The number of amides is 1. The Hall–Kier alpha value is -3.61. The first-order valence-corrected chi connectivity index (χ1v) is 13.5. The number of anilines is 2. The highest BCUT2D eigenvalue weighted by molar-refractivity contribution is 7.92. The molecule has 1 heterocycles. The standard InChI is InChI=1S/C29H25ClN2O3S/c1-21-10-16-25(17-11-21)36(34,35)32(20-22-12-14-24(30)15-13-22)28-9-5-3-7-26(28)29(33)31-19-18-23-6-2-4-8-27(23)31/h2-17H,18-20H2,1H3. The second-order valence-corrected chi connectivity index (χ2v) is 11.1. The summed E-state index contributed by atoms with van der Waals surface area (Å²) in [6.45, 7) is 2.51. The molecule has 0 aliphatic carbocycles. The normalized spacial score (nSPS) is 12.9. The molecular formula is C29H25ClN2O3S. The monoisotopic (exact) mass is 516 g/mol. The van der Waals surface area contributed by atoms with E-state index in [1.807, 2.05) is 31.2 Å². The summed E-state index contributed by atoms with van der Waals surface area (Å²) < 4.78 is 29.3. The molecule has 1 aliphatic heterocycles. The number of fused-ring (bicyclic) bond motifs is 1. The molecule has 0 unspecified atom stereocenters. The molecule has 7 heteroatoms. The van der Waals surface area contributed by atoms with Crippen LogP contribution in [0.4, 0.5) is 11.4 Å². The molecule has 4 aromatic rings. The van der Waals surface area contributed by atoms with Gasteiger partial charge < -0.3 is 4.90 Å². The molecule has 4 aromatic carbocycles. The summed E-state index contributed by atoms with van der Waals surface area (Å²) in [6.07, 6.45) is 0.764. The molecule has 1 amide bonds. The molecule has 0 aromatic heterocycles. The zero-order chi connectivity index (χ0) is 25.3. The number of para-hydroxylation sites is 2. The van der Waals surface area contributed by atoms with E-state index < -0.39 is 10.0 Å². The van der Waals surface area contributed by atoms with Gasteiger partial charge >= 0.3 is 0 Å². The van der Waals surface area contributed by atoms with E-state index in [9.17, 15) is 13.2 Å². The molecule has 36 heavy (non-hydrogen) atoms. The summed E-state index contributed by atoms with van der Waals surface area (Å²) in [7, 11) is -3.99. The SMILES string of the molecule is Cc1ccc(S(=O)(=O)N(Cc2ccc(Cl)cc2)c2ccccc2C(=O)N2CCc3ccccc32)cc1. The summed E-state index contributed by atoms with van der Waals surface area (Å²) in [5, 5.41) is 0.565. The van der Waals surface area contributed by atoms with E-state index in [-0.39, 0.29) is 17.3 Å². The number of halogens is 1. The summed E-state index contributed by atoms with van der Waals surface area (Å²) in [6, 6.07) is 28.5. The Morgan fingerprint density at radius 3 is 2.31 bits per heavy atom. The van der Waals surface area contributed by atoms with Crippen molar-refractivity contribution in [2.24, 2.45) is 0 Å². The number of hydrogen-bond donors (Lipinski definition) is 0. The van der Waals surface area contributed by atoms with Gasteiger partial charge in [0.15, 0.2) is 0 Å². The first kappa shape index (κ1) is 24.1. The second kappa shape index (κ2) is 9.80. The fourth-order valence-corrected chi connectivity index (χ4v) is 6.06. The molecule has 0 N–H and O–H groups in total. The van der Waals surface area contributed by atoms with Crippen LogP contribution < -0.4 is 9.21 Å². The molecule has 5 rings (SSSR count). The average Bonchev–Trinajstić information content (AvgIpc) is 3.32. The van der Waals surface area contributed by atoms with E-state index in [0.29, 0.717) is 22.8 Å². The van der Waals surface area contributed by atoms with Crippen molar-refractivity contribution in [3.05, 3.63) is 124 Å². The number of carbonyl (C=O) groups is 1. The molecule has 0 spiro atoms. The third-order valence-electron chi connectivity index (χ3n) is 6.38. The van der Waals surface area contributed by atoms with Crippen molar-refractivity contribution in [1.82, 2.24) is 0 Å². The van der Waals surface area contributed by atoms with E-state index in [4.69, 9.17) is 11.6 Å². The van der Waals surface area contributed by atoms with Crippen molar-refractivity contribution in [2.45, 2.75) is 24.8 Å². The van der Waals surface area contributed by atoms with Gasteiger partial charge in [-0.15, -0.1) is 0 Å². The Kier molecular flexibility index (Phi) is 6.56. The van der Waals surface area contributed by atoms with Crippen LogP contribution in [-0.2, 0) is 23.0 Å². The lowest BCUT2D eigenvalue weighted by atomic mass is 10.1. The van der Waals surface area contributed by atoms with Gasteiger partial charge in [-0.2, -0.15) is 0 Å². The van der Waals surface area contributed by atoms with Crippen molar-refractivity contribution in [3.8, 4) is 0 Å². The summed E-state index contributed by atoms with van der Waals surface area (Å²) >= 11 is 6.06. The van der Waals surface area contributed by atoms with E-state index in [1.54, 1.807) is 77.7 Å². The molecule has 0 saturated carbocycles. The lowest BCUT2D eigenvalue weighted by Crippen LogP contribution is -2.35. The number of carbonyl (C=O) groups excluding carboxylic acids is 1. The van der Waals surface area contributed by atoms with Crippen LogP contribution in [0.2, 0.25) is 5.02 Å². The van der Waals surface area contributed by atoms with Gasteiger partial charge in [-0.3, -0.25) is 9.10 Å². The maximum Gasteiger partial charge on any atom is 0.264 e. The number of nitrogens with zero attached hydrogens (tertiary/aromatic N) is 2. The lowest BCUT2D eigenvalue weighted by Gasteiger charge is -2.28. The Balaban J connectivity index is 1.61. The van der Waals surface area contributed by atoms with Crippen LogP contribution in [-0.4, -0.2) is 20.9 Å². The van der Waals surface area contributed by atoms with Crippen molar-refractivity contribution in [3.63, 3.8) is 0 Å². The molecule has 0 atom stereocenters. The van der Waals surface area contributed by atoms with Crippen molar-refractivity contribution in [1.29, 1.82) is 0 Å². The van der Waals surface area contributed by atoms with E-state index in [0.717, 1.165) is 28.8 Å². The van der Waals surface area contributed by atoms with Gasteiger partial charge in [-0.1, -0.05) is 71.8 Å². The fourth-order valence-electron chi connectivity index (χ4n) is 4.46. The topological polar surface area (TPSA) is 57.7 Å². The van der Waals surface area contributed by atoms with Crippen molar-refractivity contribution < 1.29 is 13.2 Å². The van der Waals surface area contributed by atoms with Crippen LogP contribution in [0.5, 0.6) is 0 Å². The zero-order valence-electron chi connectivity index (χ0n) is 19.8. The number of benzene rings is 4. The van der Waals surface area contributed by atoms with Crippen LogP contribution in [0.25, 0.3) is 0 Å². The lowest BCUT2D eigenvalue weighted by molar-refractivity contribution is 0.0990. The predicted molar refractivity (Wildman–Crippen MR) is 144 cm³/mol. The number of sulfonamides is 1. The van der Waals surface area contributed by atoms with Gasteiger partial charge in [-0.05, 0) is 66.9 Å². The highest BCUT2D eigenvalue weighted by Crippen LogP contribution is 2.34. The minimum Gasteiger partial charge on any atom is -0.308 e. The largest absolute Gasteiger partial charge is 0.308 e. The molecule has 1 aliphatic rings. The molecular weight excluding hydrogens is 492 g/mol.